The zero-order valence-corrected chi connectivity index (χ0v) is 42.5. The second kappa shape index (κ2) is 31.3. The Labute approximate surface area is 401 Å². The van der Waals surface area contributed by atoms with Gasteiger partial charge < -0.3 is 4.74 Å². The lowest BCUT2D eigenvalue weighted by Crippen LogP contribution is -2.38. The van der Waals surface area contributed by atoms with Crippen LogP contribution in [0.4, 0.5) is 0 Å². The van der Waals surface area contributed by atoms with E-state index in [0.29, 0.717) is 24.8 Å². The second-order valence-corrected chi connectivity index (χ2v) is 18.7. The molecule has 0 spiro atoms. The highest BCUT2D eigenvalue weighted by molar-refractivity contribution is 6.01. The molecule has 0 aromatic carbocycles. The molecule has 4 heteroatoms. The van der Waals surface area contributed by atoms with E-state index in [1.165, 1.54) is 0 Å². The van der Waals surface area contributed by atoms with Crippen LogP contribution in [0.3, 0.4) is 0 Å². The van der Waals surface area contributed by atoms with Crippen molar-refractivity contribution in [2.24, 2.45) is 10.8 Å². The van der Waals surface area contributed by atoms with Gasteiger partial charge in [0.15, 0.2) is 17.7 Å². The molecule has 2 rings (SSSR count). The first-order valence-electron chi connectivity index (χ1n) is 24.2. The number of ether oxygens (including phenoxy) is 1. The molecule has 0 aromatic heterocycles. The minimum atomic E-state index is -0.759. The highest BCUT2D eigenvalue weighted by atomic mass is 16.5. The lowest BCUT2D eigenvalue weighted by Gasteiger charge is -2.36. The van der Waals surface area contributed by atoms with Gasteiger partial charge in [-0.15, -0.1) is 0 Å². The molecule has 0 N–H and O–H groups in total. The summed E-state index contributed by atoms with van der Waals surface area (Å²) in [5.41, 5.74) is 7.80. The molecule has 0 unspecified atom stereocenters. The van der Waals surface area contributed by atoms with Gasteiger partial charge >= 0.3 is 5.97 Å². The number of carbonyl (C=O) groups excluding carboxylic acids is 3. The molecule has 0 heterocycles. The zero-order chi connectivity index (χ0) is 48.8. The molecular weight excluding hydrogens is 809 g/mol. The first-order chi connectivity index (χ1) is 31.5. The Morgan fingerprint density at radius 1 is 0.561 bits per heavy atom. The molecule has 0 bridgehead atoms. The van der Waals surface area contributed by atoms with E-state index in [0.717, 1.165) is 84.0 Å². The summed E-state index contributed by atoms with van der Waals surface area (Å²) in [7, 11) is 0. The summed E-state index contributed by atoms with van der Waals surface area (Å²) in [6, 6.07) is 0. The van der Waals surface area contributed by atoms with E-state index < -0.39 is 6.10 Å². The monoisotopic (exact) mass is 891 g/mol. The number of carbonyl (C=O) groups is 3. The normalized spacial score (nSPS) is 19.8. The lowest BCUT2D eigenvalue weighted by molar-refractivity contribution is -0.156. The third-order valence-corrected chi connectivity index (χ3v) is 11.7. The average molecular weight is 891 g/mol. The van der Waals surface area contributed by atoms with Crippen LogP contribution in [0.5, 0.6) is 0 Å². The molecule has 0 fully saturated rings. The molecule has 0 radical (unpaired) electrons. The van der Waals surface area contributed by atoms with E-state index >= 15 is 0 Å². The van der Waals surface area contributed by atoms with Crippen molar-refractivity contribution in [3.05, 3.63) is 203 Å². The Kier molecular flexibility index (Phi) is 26.8. The number of ketones is 2. The molecule has 2 aliphatic carbocycles. The van der Waals surface area contributed by atoms with Gasteiger partial charge in [-0.3, -0.25) is 14.4 Å². The quantitative estimate of drug-likeness (QED) is 0.0520. The van der Waals surface area contributed by atoms with Crippen LogP contribution in [0.1, 0.15) is 147 Å². The van der Waals surface area contributed by atoms with Gasteiger partial charge in [0.05, 0.1) is 0 Å². The van der Waals surface area contributed by atoms with E-state index in [4.69, 9.17) is 4.74 Å². The molecular formula is C62H82O4. The van der Waals surface area contributed by atoms with E-state index in [1.807, 2.05) is 57.2 Å². The second-order valence-electron chi connectivity index (χ2n) is 18.7. The number of hydrogen-bond acceptors (Lipinski definition) is 4. The molecule has 4 nitrogen and oxygen atoms in total. The Balaban J connectivity index is 1.79. The van der Waals surface area contributed by atoms with Crippen LogP contribution in [0, 0.1) is 10.8 Å². The minimum absolute atomic E-state index is 0.0196. The van der Waals surface area contributed by atoms with Crippen LogP contribution in [0.2, 0.25) is 0 Å². The highest BCUT2D eigenvalue weighted by Gasteiger charge is 2.39. The van der Waals surface area contributed by atoms with Gasteiger partial charge in [0.25, 0.3) is 0 Å². The van der Waals surface area contributed by atoms with Crippen molar-refractivity contribution in [3.8, 4) is 0 Å². The molecule has 0 amide bonds. The summed E-state index contributed by atoms with van der Waals surface area (Å²) in [6.07, 6.45) is 62.6. The van der Waals surface area contributed by atoms with Crippen molar-refractivity contribution in [3.63, 3.8) is 0 Å². The number of Topliss-reactive ketones (excluding diaryl/α,β-unsaturated/α-hetero) is 2. The van der Waals surface area contributed by atoms with Crippen molar-refractivity contribution >= 4 is 17.5 Å². The molecule has 0 saturated heterocycles. The van der Waals surface area contributed by atoms with Crippen molar-refractivity contribution < 1.29 is 19.1 Å². The predicted octanol–water partition coefficient (Wildman–Crippen LogP) is 17.0. The van der Waals surface area contributed by atoms with Crippen molar-refractivity contribution in [1.29, 1.82) is 0 Å². The fourth-order valence-electron chi connectivity index (χ4n) is 7.58. The molecule has 0 saturated carbocycles. The zero-order valence-electron chi connectivity index (χ0n) is 42.5. The number of rotatable bonds is 25. The SMILES string of the molecule is CC/C=C\C/C=C\C/C=C\C/C=C\C/C=C\C/C=C\CCC(=O)O[C@H]1CC(C)(C)C(/C=C/C(C)=C/C=C/C(C)=C/C=C/C=C(C)/C=C/C=C(C)/C=C/C2=C(C)C(=O)CCC2(C)C)=C(C)C1=O. The van der Waals surface area contributed by atoms with Crippen molar-refractivity contribution in [1.82, 2.24) is 0 Å². The Hall–Kier alpha value is -5.61. The van der Waals surface area contributed by atoms with E-state index in [1.54, 1.807) is 0 Å². The maximum absolute atomic E-state index is 13.4. The summed E-state index contributed by atoms with van der Waals surface area (Å²) in [5, 5.41) is 0. The van der Waals surface area contributed by atoms with Gasteiger partial charge in [0.2, 0.25) is 0 Å². The van der Waals surface area contributed by atoms with Crippen LogP contribution >= 0.6 is 0 Å². The van der Waals surface area contributed by atoms with Crippen molar-refractivity contribution in [2.75, 3.05) is 0 Å². The maximum atomic E-state index is 13.4. The molecule has 354 valence electrons. The van der Waals surface area contributed by atoms with Gasteiger partial charge in [0.1, 0.15) is 0 Å². The topological polar surface area (TPSA) is 60.4 Å². The lowest BCUT2D eigenvalue weighted by atomic mass is 9.71. The van der Waals surface area contributed by atoms with Crippen LogP contribution in [0.25, 0.3) is 0 Å². The minimum Gasteiger partial charge on any atom is -0.454 e. The van der Waals surface area contributed by atoms with E-state index in [-0.39, 0.29) is 34.8 Å². The fraction of sp³-hybridized carbons (Fsp3) is 0.403. The van der Waals surface area contributed by atoms with Gasteiger partial charge in [-0.05, 0) is 126 Å². The molecule has 66 heavy (non-hydrogen) atoms. The highest BCUT2D eigenvalue weighted by Crippen LogP contribution is 2.41. The van der Waals surface area contributed by atoms with Gasteiger partial charge in [-0.1, -0.05) is 215 Å². The Bertz CT molecular complexity index is 2160. The number of allylic oxidation sites excluding steroid dienone is 33. The molecule has 1 atom stereocenters. The largest absolute Gasteiger partial charge is 0.454 e. The van der Waals surface area contributed by atoms with Gasteiger partial charge in [0, 0.05) is 19.3 Å². The smallest absolute Gasteiger partial charge is 0.306 e. The van der Waals surface area contributed by atoms with Crippen molar-refractivity contribution in [2.45, 2.75) is 153 Å². The summed E-state index contributed by atoms with van der Waals surface area (Å²) >= 11 is 0. The van der Waals surface area contributed by atoms with Crippen LogP contribution in [0.15, 0.2) is 203 Å². The van der Waals surface area contributed by atoms with Gasteiger partial charge in [-0.25, -0.2) is 0 Å². The molecule has 0 aromatic rings. The third kappa shape index (κ3) is 23.0. The summed E-state index contributed by atoms with van der Waals surface area (Å²) in [4.78, 5) is 38.3. The van der Waals surface area contributed by atoms with Gasteiger partial charge in [-0.2, -0.15) is 0 Å². The Morgan fingerprint density at radius 2 is 0.970 bits per heavy atom. The van der Waals surface area contributed by atoms with Crippen LogP contribution in [-0.2, 0) is 19.1 Å². The summed E-state index contributed by atoms with van der Waals surface area (Å²) in [5.74, 6) is -0.192. The third-order valence-electron chi connectivity index (χ3n) is 11.7. The molecule has 2 aliphatic rings. The molecule has 0 aliphatic heterocycles. The summed E-state index contributed by atoms with van der Waals surface area (Å²) < 4.78 is 5.74. The predicted molar refractivity (Wildman–Crippen MR) is 285 cm³/mol. The fourth-order valence-corrected chi connectivity index (χ4v) is 7.58. The first-order valence-corrected chi connectivity index (χ1v) is 24.2. The average Bonchev–Trinajstić information content (AvgIpc) is 3.26. The van der Waals surface area contributed by atoms with E-state index in [9.17, 15) is 14.4 Å². The standard InChI is InChI=1S/C62H82O4/c1-12-13-14-15-16-17-18-19-20-21-22-23-24-25-26-27-28-29-30-41-59(64)66-58-48-62(10,11)56(54(7)60(58)65)45-43-52(5)40-34-38-50(3)36-32-31-35-49(2)37-33-39-51(4)42-44-55-53(6)57(63)46-47-61(55,8)9/h13-14,16-17,19-20,22-23,25-26,28-29,31-40,42-45,58H,12,15,18,21,24,27,30,41,46-48H2,1-11H3/b14-13-,17-16-,20-19-,23-22-,26-25-,29-28-,32-31+,37-33+,38-34+,44-42+,45-43+,49-35+,50-36+,51-39+,52-40+/t58-/m0/s1. The number of esters is 1. The Morgan fingerprint density at radius 3 is 1.44 bits per heavy atom. The first kappa shape index (κ1) is 56.5. The van der Waals surface area contributed by atoms with Crippen LogP contribution in [-0.4, -0.2) is 23.6 Å². The summed E-state index contributed by atoms with van der Waals surface area (Å²) in [6.45, 7) is 22.8. The number of hydrogen-bond donors (Lipinski definition) is 0. The van der Waals surface area contributed by atoms with Crippen LogP contribution < -0.4 is 0 Å². The van der Waals surface area contributed by atoms with E-state index in [2.05, 4.69) is 177 Å². The maximum Gasteiger partial charge on any atom is 0.306 e.